The third kappa shape index (κ3) is 2.39. The maximum Gasteiger partial charge on any atom is 0.323 e. The van der Waals surface area contributed by atoms with Crippen LogP contribution >= 0.6 is 11.6 Å². The first-order valence-electron chi connectivity index (χ1n) is 7.87. The van der Waals surface area contributed by atoms with Crippen LogP contribution in [-0.4, -0.2) is 24.1 Å². The number of esters is 1. The van der Waals surface area contributed by atoms with Gasteiger partial charge in [0.1, 0.15) is 6.04 Å². The predicted molar refractivity (Wildman–Crippen MR) is 94.2 cm³/mol. The molecular weight excluding hydrogens is 324 g/mol. The molecule has 3 aromatic rings. The van der Waals surface area contributed by atoms with Crippen molar-refractivity contribution in [1.82, 2.24) is 10.3 Å². The Labute approximate surface area is 144 Å². The van der Waals surface area contributed by atoms with Crippen molar-refractivity contribution >= 4 is 28.5 Å². The summed E-state index contributed by atoms with van der Waals surface area (Å²) in [7, 11) is 1.42. The normalized spacial score (nSPS) is 19.9. The van der Waals surface area contributed by atoms with E-state index in [9.17, 15) is 4.79 Å². The smallest absolute Gasteiger partial charge is 0.323 e. The molecule has 0 spiro atoms. The van der Waals surface area contributed by atoms with Gasteiger partial charge in [0, 0.05) is 28.0 Å². The number of halogens is 1. The molecule has 1 aromatic heterocycles. The second-order valence-electron chi connectivity index (χ2n) is 5.96. The van der Waals surface area contributed by atoms with Crippen molar-refractivity contribution < 1.29 is 9.53 Å². The number of carbonyl (C=O) groups is 1. The molecule has 4 nitrogen and oxygen atoms in total. The van der Waals surface area contributed by atoms with Crippen LogP contribution < -0.4 is 5.32 Å². The second-order valence-corrected chi connectivity index (χ2v) is 6.37. The Bertz CT molecular complexity index is 919. The van der Waals surface area contributed by atoms with Crippen LogP contribution in [0.25, 0.3) is 10.9 Å². The van der Waals surface area contributed by atoms with Crippen LogP contribution in [0.15, 0.2) is 48.5 Å². The molecule has 24 heavy (non-hydrogen) atoms. The molecule has 2 heterocycles. The Kier molecular flexibility index (Phi) is 3.79. The van der Waals surface area contributed by atoms with Crippen LogP contribution in [0.5, 0.6) is 0 Å². The van der Waals surface area contributed by atoms with Gasteiger partial charge < -0.3 is 9.72 Å². The third-order valence-corrected chi connectivity index (χ3v) is 4.96. The summed E-state index contributed by atoms with van der Waals surface area (Å²) >= 11 is 6.41. The monoisotopic (exact) mass is 340 g/mol. The number of fused-ring (bicyclic) bond motifs is 3. The number of rotatable bonds is 2. The number of carbonyl (C=O) groups excluding carboxylic acids is 1. The quantitative estimate of drug-likeness (QED) is 0.701. The summed E-state index contributed by atoms with van der Waals surface area (Å²) < 4.78 is 4.96. The molecule has 0 fully saturated rings. The van der Waals surface area contributed by atoms with Gasteiger partial charge in [0.25, 0.3) is 0 Å². The molecule has 2 atom stereocenters. The molecule has 0 aliphatic carbocycles. The van der Waals surface area contributed by atoms with E-state index >= 15 is 0 Å². The van der Waals surface area contributed by atoms with Crippen molar-refractivity contribution in [3.05, 3.63) is 70.4 Å². The van der Waals surface area contributed by atoms with Crippen molar-refractivity contribution in [1.29, 1.82) is 0 Å². The van der Waals surface area contributed by atoms with Gasteiger partial charge in [-0.3, -0.25) is 10.1 Å². The lowest BCUT2D eigenvalue weighted by atomic mass is 9.90. The number of aromatic nitrogens is 1. The highest BCUT2D eigenvalue weighted by Crippen LogP contribution is 2.37. The average molecular weight is 341 g/mol. The molecule has 4 rings (SSSR count). The van der Waals surface area contributed by atoms with Crippen LogP contribution in [-0.2, 0) is 16.0 Å². The summed E-state index contributed by atoms with van der Waals surface area (Å²) in [4.78, 5) is 15.7. The highest BCUT2D eigenvalue weighted by Gasteiger charge is 2.35. The number of ether oxygens (including phenoxy) is 1. The van der Waals surface area contributed by atoms with E-state index in [-0.39, 0.29) is 12.0 Å². The molecule has 0 saturated heterocycles. The summed E-state index contributed by atoms with van der Waals surface area (Å²) in [5.74, 6) is -0.261. The largest absolute Gasteiger partial charge is 0.468 e. The molecule has 5 heteroatoms. The minimum absolute atomic E-state index is 0.182. The standard InChI is InChI=1S/C19H17ClN2O2/c1-24-19(23)16-10-13-11-6-3-5-9-15(11)21-18(13)17(22-16)12-7-2-4-8-14(12)20/h2-9,16-17,21-22H,10H2,1H3/t16-,17+/m0/s1. The Balaban J connectivity index is 1.90. The van der Waals surface area contributed by atoms with Gasteiger partial charge in [-0.05, 0) is 23.3 Å². The maximum atomic E-state index is 12.2. The molecule has 0 radical (unpaired) electrons. The van der Waals surface area contributed by atoms with Gasteiger partial charge in [-0.25, -0.2) is 0 Å². The Hall–Kier alpha value is -2.30. The molecule has 122 valence electrons. The second kappa shape index (κ2) is 5.96. The third-order valence-electron chi connectivity index (χ3n) is 4.61. The topological polar surface area (TPSA) is 54.1 Å². The summed E-state index contributed by atoms with van der Waals surface area (Å²) in [6, 6.07) is 15.2. The Morgan fingerprint density at radius 1 is 1.17 bits per heavy atom. The van der Waals surface area contributed by atoms with E-state index in [1.807, 2.05) is 42.5 Å². The summed E-state index contributed by atoms with van der Waals surface area (Å²) in [6.45, 7) is 0. The number of para-hydroxylation sites is 1. The van der Waals surface area contributed by atoms with Crippen LogP contribution in [0.3, 0.4) is 0 Å². The van der Waals surface area contributed by atoms with Crippen molar-refractivity contribution in [2.75, 3.05) is 7.11 Å². The minimum atomic E-state index is -0.400. The number of hydrogen-bond acceptors (Lipinski definition) is 3. The molecule has 0 bridgehead atoms. The number of H-pyrrole nitrogens is 1. The van der Waals surface area contributed by atoms with E-state index in [1.165, 1.54) is 7.11 Å². The molecule has 2 aromatic carbocycles. The summed E-state index contributed by atoms with van der Waals surface area (Å²) in [5, 5.41) is 5.20. The molecule has 0 saturated carbocycles. The number of methoxy groups -OCH3 is 1. The van der Waals surface area contributed by atoms with E-state index in [1.54, 1.807) is 0 Å². The zero-order valence-electron chi connectivity index (χ0n) is 13.2. The SMILES string of the molecule is COC(=O)[C@@H]1Cc2c([nH]c3ccccc23)[C@@H](c2ccccc2Cl)N1. The van der Waals surface area contributed by atoms with Gasteiger partial charge in [-0.15, -0.1) is 0 Å². The first kappa shape index (κ1) is 15.2. The van der Waals surface area contributed by atoms with E-state index in [0.29, 0.717) is 11.4 Å². The molecular formula is C19H17ClN2O2. The van der Waals surface area contributed by atoms with E-state index in [4.69, 9.17) is 16.3 Å². The fraction of sp³-hybridized carbons (Fsp3) is 0.211. The number of benzene rings is 2. The molecule has 1 aliphatic rings. The van der Waals surface area contributed by atoms with Crippen molar-refractivity contribution in [3.8, 4) is 0 Å². The van der Waals surface area contributed by atoms with E-state index in [2.05, 4.69) is 16.4 Å². The van der Waals surface area contributed by atoms with E-state index in [0.717, 1.165) is 27.7 Å². The van der Waals surface area contributed by atoms with E-state index < -0.39 is 6.04 Å². The van der Waals surface area contributed by atoms with Crippen LogP contribution in [0.1, 0.15) is 22.9 Å². The van der Waals surface area contributed by atoms with Gasteiger partial charge in [0.2, 0.25) is 0 Å². The molecule has 2 N–H and O–H groups in total. The highest BCUT2D eigenvalue weighted by atomic mass is 35.5. The van der Waals surface area contributed by atoms with Gasteiger partial charge >= 0.3 is 5.97 Å². The first-order chi connectivity index (χ1) is 11.7. The minimum Gasteiger partial charge on any atom is -0.468 e. The molecule has 0 unspecified atom stereocenters. The zero-order valence-corrected chi connectivity index (χ0v) is 13.9. The van der Waals surface area contributed by atoms with Gasteiger partial charge in [0.05, 0.1) is 13.2 Å². The lowest BCUT2D eigenvalue weighted by molar-refractivity contribution is -0.143. The van der Waals surface area contributed by atoms with Crippen LogP contribution in [0.4, 0.5) is 0 Å². The Morgan fingerprint density at radius 3 is 2.71 bits per heavy atom. The lowest BCUT2D eigenvalue weighted by Gasteiger charge is -2.30. The zero-order chi connectivity index (χ0) is 16.7. The highest BCUT2D eigenvalue weighted by molar-refractivity contribution is 6.31. The fourth-order valence-corrected chi connectivity index (χ4v) is 3.73. The van der Waals surface area contributed by atoms with Crippen LogP contribution in [0, 0.1) is 0 Å². The number of hydrogen-bond donors (Lipinski definition) is 2. The average Bonchev–Trinajstić information content (AvgIpc) is 2.99. The summed E-state index contributed by atoms with van der Waals surface area (Å²) in [5.41, 5.74) is 4.21. The predicted octanol–water partition coefficient (Wildman–Crippen LogP) is 3.60. The maximum absolute atomic E-state index is 12.2. The van der Waals surface area contributed by atoms with Gasteiger partial charge in [-0.2, -0.15) is 0 Å². The Morgan fingerprint density at radius 2 is 1.92 bits per heavy atom. The van der Waals surface area contributed by atoms with Crippen molar-refractivity contribution in [3.63, 3.8) is 0 Å². The summed E-state index contributed by atoms with van der Waals surface area (Å²) in [6.07, 6.45) is 0.590. The first-order valence-corrected chi connectivity index (χ1v) is 8.24. The number of aromatic amines is 1. The van der Waals surface area contributed by atoms with Gasteiger partial charge in [-0.1, -0.05) is 48.0 Å². The van der Waals surface area contributed by atoms with Crippen molar-refractivity contribution in [2.45, 2.75) is 18.5 Å². The molecule has 0 amide bonds. The lowest BCUT2D eigenvalue weighted by Crippen LogP contribution is -2.45. The van der Waals surface area contributed by atoms with Crippen molar-refractivity contribution in [2.24, 2.45) is 0 Å². The fourth-order valence-electron chi connectivity index (χ4n) is 3.48. The number of nitrogens with one attached hydrogen (secondary N) is 2. The molecule has 1 aliphatic heterocycles. The van der Waals surface area contributed by atoms with Crippen LogP contribution in [0.2, 0.25) is 5.02 Å². The van der Waals surface area contributed by atoms with Gasteiger partial charge in [0.15, 0.2) is 0 Å².